The standard InChI is InChI=1S/C36H39N3O5/c40-23-25-8-10-28(11-9-25)34-19-33(22-39-17-3-7-32(39)24-41)43-36(44-34)29-14-12-27(13-15-29)30-5-1-4-26(18-30)20-38-35(42)31-6-2-16-37-21-31/h1-2,4-6,8-16,18,21,32-34,36,40-41H,3,7,17,19-20,22-24H2,(H,38,42). The molecule has 228 valence electrons. The van der Waals surface area contributed by atoms with Crippen LogP contribution < -0.4 is 5.32 Å². The van der Waals surface area contributed by atoms with Crippen LogP contribution in [0.2, 0.25) is 0 Å². The highest BCUT2D eigenvalue weighted by molar-refractivity contribution is 5.93. The lowest BCUT2D eigenvalue weighted by molar-refractivity contribution is -0.253. The third-order valence-electron chi connectivity index (χ3n) is 8.58. The molecule has 44 heavy (non-hydrogen) atoms. The average molecular weight is 594 g/mol. The molecule has 3 aromatic carbocycles. The van der Waals surface area contributed by atoms with Crippen molar-refractivity contribution in [2.24, 2.45) is 0 Å². The fraction of sp³-hybridized carbons (Fsp3) is 0.333. The van der Waals surface area contributed by atoms with E-state index in [1.807, 2.05) is 36.4 Å². The van der Waals surface area contributed by atoms with Crippen LogP contribution >= 0.6 is 0 Å². The Hall–Kier alpha value is -3.92. The van der Waals surface area contributed by atoms with Crippen LogP contribution in [0.5, 0.6) is 0 Å². The summed E-state index contributed by atoms with van der Waals surface area (Å²) in [6.07, 6.45) is 5.27. The highest BCUT2D eigenvalue weighted by atomic mass is 16.7. The third-order valence-corrected chi connectivity index (χ3v) is 8.58. The van der Waals surface area contributed by atoms with Crippen molar-refractivity contribution in [2.75, 3.05) is 19.7 Å². The lowest BCUT2D eigenvalue weighted by atomic mass is 9.98. The molecule has 0 aliphatic carbocycles. The van der Waals surface area contributed by atoms with Crippen molar-refractivity contribution in [2.45, 2.75) is 57.0 Å². The molecule has 4 aromatic rings. The van der Waals surface area contributed by atoms with Crippen LogP contribution in [0, 0.1) is 0 Å². The fourth-order valence-corrected chi connectivity index (χ4v) is 6.11. The molecule has 1 aromatic heterocycles. The summed E-state index contributed by atoms with van der Waals surface area (Å²) in [5, 5.41) is 22.3. The molecule has 2 fully saturated rings. The first-order chi connectivity index (χ1) is 21.6. The van der Waals surface area contributed by atoms with E-state index in [4.69, 9.17) is 9.47 Å². The quantitative estimate of drug-likeness (QED) is 0.233. The number of carbonyl (C=O) groups is 1. The molecular weight excluding hydrogens is 554 g/mol. The summed E-state index contributed by atoms with van der Waals surface area (Å²) < 4.78 is 13.1. The van der Waals surface area contributed by atoms with Crippen LogP contribution in [-0.2, 0) is 22.6 Å². The maximum atomic E-state index is 12.5. The largest absolute Gasteiger partial charge is 0.395 e. The second-order valence-electron chi connectivity index (χ2n) is 11.6. The van der Waals surface area contributed by atoms with Gasteiger partial charge in [-0.3, -0.25) is 14.7 Å². The van der Waals surface area contributed by atoms with Gasteiger partial charge in [-0.2, -0.15) is 0 Å². The Morgan fingerprint density at radius 2 is 1.73 bits per heavy atom. The van der Waals surface area contributed by atoms with Gasteiger partial charge < -0.3 is 25.0 Å². The number of aliphatic hydroxyl groups excluding tert-OH is 2. The van der Waals surface area contributed by atoms with Gasteiger partial charge in [0.25, 0.3) is 5.91 Å². The molecule has 8 nitrogen and oxygen atoms in total. The number of aromatic nitrogens is 1. The zero-order chi connectivity index (χ0) is 30.3. The van der Waals surface area contributed by atoms with Crippen LogP contribution in [0.15, 0.2) is 97.3 Å². The van der Waals surface area contributed by atoms with Crippen molar-refractivity contribution in [1.82, 2.24) is 15.2 Å². The number of hydrogen-bond donors (Lipinski definition) is 3. The van der Waals surface area contributed by atoms with Crippen LogP contribution in [0.1, 0.15) is 64.3 Å². The number of benzene rings is 3. The van der Waals surface area contributed by atoms with Gasteiger partial charge in [-0.1, -0.05) is 66.7 Å². The third kappa shape index (κ3) is 7.23. The van der Waals surface area contributed by atoms with E-state index in [0.29, 0.717) is 18.5 Å². The predicted octanol–water partition coefficient (Wildman–Crippen LogP) is 5.17. The Bertz CT molecular complexity index is 1510. The molecule has 2 aliphatic rings. The molecule has 8 heteroatoms. The molecule has 6 rings (SSSR count). The predicted molar refractivity (Wildman–Crippen MR) is 167 cm³/mol. The van der Waals surface area contributed by atoms with Gasteiger partial charge in [-0.25, -0.2) is 0 Å². The minimum absolute atomic E-state index is 0.00691. The van der Waals surface area contributed by atoms with E-state index in [-0.39, 0.29) is 37.4 Å². The number of carbonyl (C=O) groups excluding carboxylic acids is 1. The van der Waals surface area contributed by atoms with Crippen LogP contribution in [0.3, 0.4) is 0 Å². The first-order valence-corrected chi connectivity index (χ1v) is 15.3. The lowest BCUT2D eigenvalue weighted by Crippen LogP contribution is -2.42. The number of rotatable bonds is 10. The highest BCUT2D eigenvalue weighted by Crippen LogP contribution is 2.39. The molecule has 2 aliphatic heterocycles. The summed E-state index contributed by atoms with van der Waals surface area (Å²) in [6.45, 7) is 2.30. The Balaban J connectivity index is 1.16. The van der Waals surface area contributed by atoms with Gasteiger partial charge in [0.1, 0.15) is 0 Å². The maximum Gasteiger partial charge on any atom is 0.253 e. The minimum Gasteiger partial charge on any atom is -0.395 e. The summed E-state index contributed by atoms with van der Waals surface area (Å²) in [7, 11) is 0. The average Bonchev–Trinajstić information content (AvgIpc) is 3.54. The molecule has 0 bridgehead atoms. The summed E-state index contributed by atoms with van der Waals surface area (Å²) in [5.74, 6) is -0.155. The zero-order valence-corrected chi connectivity index (χ0v) is 24.7. The van der Waals surface area contributed by atoms with E-state index >= 15 is 0 Å². The number of amides is 1. The molecule has 2 saturated heterocycles. The van der Waals surface area contributed by atoms with Crippen LogP contribution in [-0.4, -0.2) is 57.8 Å². The van der Waals surface area contributed by atoms with Gasteiger partial charge in [0.05, 0.1) is 31.0 Å². The van der Waals surface area contributed by atoms with Crippen molar-refractivity contribution in [3.63, 3.8) is 0 Å². The van der Waals surface area contributed by atoms with Crippen LogP contribution in [0.4, 0.5) is 0 Å². The van der Waals surface area contributed by atoms with E-state index in [0.717, 1.165) is 59.3 Å². The molecule has 0 saturated carbocycles. The van der Waals surface area contributed by atoms with E-state index < -0.39 is 6.29 Å². The number of likely N-dealkylation sites (tertiary alicyclic amines) is 1. The Kier molecular flexibility index (Phi) is 9.75. The lowest BCUT2D eigenvalue weighted by Gasteiger charge is -2.38. The summed E-state index contributed by atoms with van der Waals surface area (Å²) in [4.78, 5) is 18.8. The zero-order valence-electron chi connectivity index (χ0n) is 24.7. The van der Waals surface area contributed by atoms with Gasteiger partial charge in [0.15, 0.2) is 6.29 Å². The Morgan fingerprint density at radius 1 is 0.909 bits per heavy atom. The minimum atomic E-state index is -0.533. The van der Waals surface area contributed by atoms with E-state index in [2.05, 4.69) is 51.6 Å². The van der Waals surface area contributed by atoms with Gasteiger partial charge in [0, 0.05) is 43.5 Å². The van der Waals surface area contributed by atoms with E-state index in [1.54, 1.807) is 24.5 Å². The molecule has 4 atom stereocenters. The second kappa shape index (κ2) is 14.2. The summed E-state index contributed by atoms with van der Waals surface area (Å²) in [6, 6.07) is 28.0. The molecule has 3 heterocycles. The van der Waals surface area contributed by atoms with Crippen LogP contribution in [0.25, 0.3) is 11.1 Å². The summed E-state index contributed by atoms with van der Waals surface area (Å²) in [5.41, 5.74) is 6.52. The number of pyridine rings is 1. The van der Waals surface area contributed by atoms with E-state index in [9.17, 15) is 15.0 Å². The number of hydrogen-bond acceptors (Lipinski definition) is 7. The maximum absolute atomic E-state index is 12.5. The molecule has 1 amide bonds. The summed E-state index contributed by atoms with van der Waals surface area (Å²) >= 11 is 0. The normalized spacial score (nSPS) is 22.1. The molecule has 0 radical (unpaired) electrons. The molecular formula is C36H39N3O5. The number of aliphatic hydroxyl groups is 2. The van der Waals surface area contributed by atoms with Crippen molar-refractivity contribution in [3.8, 4) is 11.1 Å². The van der Waals surface area contributed by atoms with Gasteiger partial charge in [-0.15, -0.1) is 0 Å². The fourth-order valence-electron chi connectivity index (χ4n) is 6.11. The first-order valence-electron chi connectivity index (χ1n) is 15.3. The number of nitrogens with zero attached hydrogens (tertiary/aromatic N) is 2. The van der Waals surface area contributed by atoms with Crippen molar-refractivity contribution < 1.29 is 24.5 Å². The molecule has 0 spiro atoms. The smallest absolute Gasteiger partial charge is 0.253 e. The van der Waals surface area contributed by atoms with Crippen molar-refractivity contribution >= 4 is 5.91 Å². The van der Waals surface area contributed by atoms with Gasteiger partial charge in [0.2, 0.25) is 0 Å². The first kappa shape index (κ1) is 30.1. The van der Waals surface area contributed by atoms with E-state index in [1.165, 1.54) is 0 Å². The SMILES string of the molecule is O=C(NCc1cccc(-c2ccc(C3OC(CN4CCCC4CO)CC(c4ccc(CO)cc4)O3)cc2)c1)c1cccnc1. The highest BCUT2D eigenvalue weighted by Gasteiger charge is 2.35. The van der Waals surface area contributed by atoms with Crippen molar-refractivity contribution in [3.05, 3.63) is 125 Å². The van der Waals surface area contributed by atoms with Gasteiger partial charge in [-0.05, 0) is 65.4 Å². The Morgan fingerprint density at radius 3 is 2.48 bits per heavy atom. The number of nitrogens with one attached hydrogen (secondary N) is 1. The second-order valence-corrected chi connectivity index (χ2v) is 11.6. The Labute approximate surface area is 258 Å². The topological polar surface area (TPSA) is 104 Å². The van der Waals surface area contributed by atoms with Crippen molar-refractivity contribution in [1.29, 1.82) is 0 Å². The molecule has 3 N–H and O–H groups in total. The molecule has 4 unspecified atom stereocenters. The van der Waals surface area contributed by atoms with Gasteiger partial charge >= 0.3 is 0 Å². The monoisotopic (exact) mass is 593 g/mol. The number of ether oxygens (including phenoxy) is 2.